The summed E-state index contributed by atoms with van der Waals surface area (Å²) in [4.78, 5) is 14.3. The van der Waals surface area contributed by atoms with Crippen molar-refractivity contribution in [3.8, 4) is 0 Å². The molecule has 0 unspecified atom stereocenters. The van der Waals surface area contributed by atoms with Gasteiger partial charge in [-0.3, -0.25) is 4.79 Å². The van der Waals surface area contributed by atoms with Gasteiger partial charge in [-0.25, -0.2) is 13.1 Å². The molecule has 1 N–H and O–H groups in total. The van der Waals surface area contributed by atoms with Crippen LogP contribution in [0.4, 0.5) is 5.69 Å². The number of amides is 1. The first-order chi connectivity index (χ1) is 10.5. The maximum atomic E-state index is 12.5. The molecular weight excluding hydrogens is 300 g/mol. The monoisotopic (exact) mass is 318 g/mol. The van der Waals surface area contributed by atoms with Crippen molar-refractivity contribution in [3.63, 3.8) is 0 Å². The third-order valence-corrected chi connectivity index (χ3v) is 5.41. The van der Waals surface area contributed by atoms with Crippen molar-refractivity contribution >= 4 is 32.4 Å². The zero-order valence-corrected chi connectivity index (χ0v) is 13.4. The van der Waals surface area contributed by atoms with Crippen LogP contribution < -0.4 is 9.62 Å². The molecule has 0 saturated carbocycles. The summed E-state index contributed by atoms with van der Waals surface area (Å²) in [5, 5.41) is 1.33. The van der Waals surface area contributed by atoms with Crippen molar-refractivity contribution in [2.75, 3.05) is 18.0 Å². The van der Waals surface area contributed by atoms with E-state index in [-0.39, 0.29) is 10.8 Å². The Bertz CT molecular complexity index is 859. The molecule has 1 aliphatic heterocycles. The fourth-order valence-corrected chi connectivity index (χ4v) is 4.22. The van der Waals surface area contributed by atoms with Gasteiger partial charge >= 0.3 is 0 Å². The second kappa shape index (κ2) is 5.37. The molecule has 3 rings (SSSR count). The third kappa shape index (κ3) is 2.10. The van der Waals surface area contributed by atoms with Gasteiger partial charge in [0.1, 0.15) is 0 Å². The van der Waals surface area contributed by atoms with E-state index >= 15 is 0 Å². The predicted molar refractivity (Wildman–Crippen MR) is 86.8 cm³/mol. The quantitative estimate of drug-likeness (QED) is 0.921. The first-order valence-electron chi connectivity index (χ1n) is 7.38. The molecule has 0 radical (unpaired) electrons. The van der Waals surface area contributed by atoms with E-state index in [2.05, 4.69) is 4.72 Å². The van der Waals surface area contributed by atoms with Crippen LogP contribution in [0.5, 0.6) is 0 Å². The minimum absolute atomic E-state index is 0.0702. The Balaban J connectivity index is 2.26. The van der Waals surface area contributed by atoms with Crippen molar-refractivity contribution in [2.45, 2.75) is 25.2 Å². The van der Waals surface area contributed by atoms with Crippen molar-refractivity contribution in [1.82, 2.24) is 4.72 Å². The average molecular weight is 318 g/mol. The van der Waals surface area contributed by atoms with E-state index in [1.54, 1.807) is 35.2 Å². The van der Waals surface area contributed by atoms with E-state index in [0.717, 1.165) is 17.5 Å². The lowest BCUT2D eigenvalue weighted by atomic mass is 10.1. The smallest absolute Gasteiger partial charge is 0.258 e. The van der Waals surface area contributed by atoms with Crippen LogP contribution in [-0.2, 0) is 10.0 Å². The molecule has 0 aromatic heterocycles. The van der Waals surface area contributed by atoms with E-state index in [1.807, 2.05) is 13.8 Å². The molecule has 6 heteroatoms. The minimum Gasteiger partial charge on any atom is -0.308 e. The SMILES string of the molecule is CCCNS(=O)(=O)c1ccc2c3c(cccc13)C(=O)N2CC. The number of hydrogen-bond donors (Lipinski definition) is 1. The van der Waals surface area contributed by atoms with Gasteiger partial charge in [-0.1, -0.05) is 19.1 Å². The number of carbonyl (C=O) groups is 1. The van der Waals surface area contributed by atoms with E-state index in [0.29, 0.717) is 24.0 Å². The van der Waals surface area contributed by atoms with Crippen molar-refractivity contribution in [2.24, 2.45) is 0 Å². The lowest BCUT2D eigenvalue weighted by molar-refractivity contribution is 0.0994. The number of benzene rings is 2. The molecule has 0 atom stereocenters. The Morgan fingerprint density at radius 1 is 1.14 bits per heavy atom. The van der Waals surface area contributed by atoms with Crippen LogP contribution in [0.3, 0.4) is 0 Å². The maximum absolute atomic E-state index is 12.5. The highest BCUT2D eigenvalue weighted by atomic mass is 32.2. The zero-order chi connectivity index (χ0) is 15.9. The first kappa shape index (κ1) is 15.0. The highest BCUT2D eigenvalue weighted by Crippen LogP contribution is 2.39. The summed E-state index contributed by atoms with van der Waals surface area (Å²) >= 11 is 0. The number of rotatable bonds is 5. The summed E-state index contributed by atoms with van der Waals surface area (Å²) in [5.74, 6) is -0.0702. The lowest BCUT2D eigenvalue weighted by Gasteiger charge is -2.15. The molecule has 0 aliphatic carbocycles. The van der Waals surface area contributed by atoms with Crippen LogP contribution in [0.1, 0.15) is 30.6 Å². The predicted octanol–water partition coefficient (Wildman–Crippen LogP) is 2.51. The number of anilines is 1. The van der Waals surface area contributed by atoms with E-state index in [1.165, 1.54) is 0 Å². The first-order valence-corrected chi connectivity index (χ1v) is 8.86. The van der Waals surface area contributed by atoms with Crippen LogP contribution >= 0.6 is 0 Å². The van der Waals surface area contributed by atoms with Crippen LogP contribution in [0, 0.1) is 0 Å². The van der Waals surface area contributed by atoms with E-state index in [4.69, 9.17) is 0 Å². The minimum atomic E-state index is -3.58. The summed E-state index contributed by atoms with van der Waals surface area (Å²) in [6.07, 6.45) is 0.725. The summed E-state index contributed by atoms with van der Waals surface area (Å²) in [7, 11) is -3.58. The number of hydrogen-bond acceptors (Lipinski definition) is 3. The van der Waals surface area contributed by atoms with Crippen molar-refractivity contribution in [1.29, 1.82) is 0 Å². The van der Waals surface area contributed by atoms with Gasteiger partial charge in [0.2, 0.25) is 10.0 Å². The van der Waals surface area contributed by atoms with Gasteiger partial charge in [-0.2, -0.15) is 0 Å². The molecule has 0 spiro atoms. The summed E-state index contributed by atoms with van der Waals surface area (Å²) < 4.78 is 27.5. The summed E-state index contributed by atoms with van der Waals surface area (Å²) in [5.41, 5.74) is 1.36. The largest absolute Gasteiger partial charge is 0.308 e. The molecular formula is C16H18N2O3S. The molecule has 116 valence electrons. The topological polar surface area (TPSA) is 66.5 Å². The van der Waals surface area contributed by atoms with Gasteiger partial charge in [0, 0.05) is 29.4 Å². The van der Waals surface area contributed by atoms with Crippen molar-refractivity contribution < 1.29 is 13.2 Å². The van der Waals surface area contributed by atoms with E-state index < -0.39 is 10.0 Å². The Morgan fingerprint density at radius 3 is 2.59 bits per heavy atom. The van der Waals surface area contributed by atoms with Crippen LogP contribution in [-0.4, -0.2) is 27.4 Å². The average Bonchev–Trinajstić information content (AvgIpc) is 2.79. The van der Waals surface area contributed by atoms with Gasteiger partial charge in [-0.15, -0.1) is 0 Å². The van der Waals surface area contributed by atoms with Gasteiger partial charge in [0.05, 0.1) is 10.6 Å². The highest BCUT2D eigenvalue weighted by Gasteiger charge is 2.31. The second-order valence-electron chi connectivity index (χ2n) is 5.26. The molecule has 1 heterocycles. The number of nitrogens with zero attached hydrogens (tertiary/aromatic N) is 1. The van der Waals surface area contributed by atoms with Crippen LogP contribution in [0.25, 0.3) is 10.8 Å². The van der Waals surface area contributed by atoms with Gasteiger partial charge in [0.25, 0.3) is 5.91 Å². The van der Waals surface area contributed by atoms with Crippen LogP contribution in [0.2, 0.25) is 0 Å². The van der Waals surface area contributed by atoms with Gasteiger partial charge < -0.3 is 4.90 Å². The summed E-state index contributed by atoms with van der Waals surface area (Å²) in [6, 6.07) is 8.55. The normalized spacial score (nSPS) is 14.1. The zero-order valence-electron chi connectivity index (χ0n) is 12.6. The lowest BCUT2D eigenvalue weighted by Crippen LogP contribution is -2.26. The molecule has 1 aliphatic rings. The molecule has 22 heavy (non-hydrogen) atoms. The van der Waals surface area contributed by atoms with Crippen LogP contribution in [0.15, 0.2) is 35.2 Å². The van der Waals surface area contributed by atoms with E-state index in [9.17, 15) is 13.2 Å². The van der Waals surface area contributed by atoms with Gasteiger partial charge in [-0.05, 0) is 31.5 Å². The standard InChI is InChI=1S/C16H18N2O3S/c1-3-10-17-22(20,21)14-9-8-13-15-11(14)6-5-7-12(15)16(19)18(13)4-2/h5-9,17H,3-4,10H2,1-2H3. The fourth-order valence-electron chi connectivity index (χ4n) is 2.88. The third-order valence-electron chi connectivity index (χ3n) is 3.89. The molecule has 1 amide bonds. The van der Waals surface area contributed by atoms with Gasteiger partial charge in [0.15, 0.2) is 0 Å². The Labute approximate surface area is 130 Å². The molecule has 2 aromatic rings. The van der Waals surface area contributed by atoms with Crippen molar-refractivity contribution in [3.05, 3.63) is 35.9 Å². The molecule has 0 bridgehead atoms. The molecule has 2 aromatic carbocycles. The number of sulfonamides is 1. The highest BCUT2D eigenvalue weighted by molar-refractivity contribution is 7.89. The molecule has 5 nitrogen and oxygen atoms in total. The Morgan fingerprint density at radius 2 is 1.91 bits per heavy atom. The fraction of sp³-hybridized carbons (Fsp3) is 0.312. The maximum Gasteiger partial charge on any atom is 0.258 e. The number of nitrogens with one attached hydrogen (secondary N) is 1. The molecule has 0 fully saturated rings. The Kier molecular flexibility index (Phi) is 3.66. The summed E-state index contributed by atoms with van der Waals surface area (Å²) in [6.45, 7) is 4.77. The number of carbonyl (C=O) groups excluding carboxylic acids is 1. The Hall–Kier alpha value is -1.92. The molecule has 0 saturated heterocycles. The second-order valence-corrected chi connectivity index (χ2v) is 6.99.